The molecule has 0 aliphatic heterocycles. The van der Waals surface area contributed by atoms with Crippen LogP contribution in [0, 0.1) is 11.6 Å². The number of hydrogen-bond donors (Lipinski definition) is 1. The molecule has 0 saturated heterocycles. The largest absolute Gasteiger partial charge is 0.492 e. The molecule has 88 valence electrons. The number of rotatable bonds is 3. The number of benzene rings is 1. The van der Waals surface area contributed by atoms with Gasteiger partial charge >= 0.3 is 5.97 Å². The van der Waals surface area contributed by atoms with E-state index in [0.717, 1.165) is 13.2 Å². The standard InChI is InChI=1S/C10H9ClF2O3/c1-4(10(14)15)5-3-6(11)9(16-2)8(13)7(5)12/h3-4H,1-2H3,(H,14,15). The van der Waals surface area contributed by atoms with E-state index in [4.69, 9.17) is 16.7 Å². The molecule has 0 amide bonds. The Morgan fingerprint density at radius 1 is 1.50 bits per heavy atom. The highest BCUT2D eigenvalue weighted by molar-refractivity contribution is 6.32. The van der Waals surface area contributed by atoms with Gasteiger partial charge in [-0.25, -0.2) is 4.39 Å². The lowest BCUT2D eigenvalue weighted by molar-refractivity contribution is -0.138. The van der Waals surface area contributed by atoms with E-state index in [0.29, 0.717) is 0 Å². The maximum Gasteiger partial charge on any atom is 0.310 e. The first-order valence-corrected chi connectivity index (χ1v) is 4.72. The molecule has 1 atom stereocenters. The number of carboxylic acids is 1. The molecule has 1 N–H and O–H groups in total. The predicted octanol–water partition coefficient (Wildman–Crippen LogP) is 2.81. The van der Waals surface area contributed by atoms with Crippen LogP contribution in [0.15, 0.2) is 6.07 Å². The summed E-state index contributed by atoms with van der Waals surface area (Å²) in [7, 11) is 1.14. The van der Waals surface area contributed by atoms with Crippen LogP contribution in [0.25, 0.3) is 0 Å². The van der Waals surface area contributed by atoms with Gasteiger partial charge in [0.25, 0.3) is 0 Å². The third-order valence-corrected chi connectivity index (χ3v) is 2.47. The normalized spacial score (nSPS) is 12.3. The van der Waals surface area contributed by atoms with Crippen LogP contribution >= 0.6 is 11.6 Å². The van der Waals surface area contributed by atoms with E-state index in [2.05, 4.69) is 4.74 Å². The summed E-state index contributed by atoms with van der Waals surface area (Å²) in [5.41, 5.74) is -0.309. The number of methoxy groups -OCH3 is 1. The number of halogens is 3. The fourth-order valence-corrected chi connectivity index (χ4v) is 1.51. The van der Waals surface area contributed by atoms with Crippen molar-refractivity contribution >= 4 is 17.6 Å². The molecule has 3 nitrogen and oxygen atoms in total. The number of aliphatic carboxylic acids is 1. The van der Waals surface area contributed by atoms with Crippen LogP contribution in [-0.4, -0.2) is 18.2 Å². The summed E-state index contributed by atoms with van der Waals surface area (Å²) in [6, 6.07) is 1.05. The third-order valence-electron chi connectivity index (χ3n) is 2.19. The zero-order valence-electron chi connectivity index (χ0n) is 8.55. The highest BCUT2D eigenvalue weighted by Gasteiger charge is 2.24. The minimum absolute atomic E-state index is 0.162. The zero-order chi connectivity index (χ0) is 12.5. The Morgan fingerprint density at radius 2 is 2.06 bits per heavy atom. The van der Waals surface area contributed by atoms with Crippen LogP contribution in [0.2, 0.25) is 5.02 Å². The first kappa shape index (κ1) is 12.7. The summed E-state index contributed by atoms with van der Waals surface area (Å²) in [4.78, 5) is 10.7. The van der Waals surface area contributed by atoms with Gasteiger partial charge in [-0.2, -0.15) is 4.39 Å². The number of carbonyl (C=O) groups is 1. The van der Waals surface area contributed by atoms with Crippen molar-refractivity contribution in [1.82, 2.24) is 0 Å². The van der Waals surface area contributed by atoms with E-state index in [1.807, 2.05) is 0 Å². The van der Waals surface area contributed by atoms with Crippen molar-refractivity contribution < 1.29 is 23.4 Å². The average molecular weight is 251 g/mol. The molecule has 16 heavy (non-hydrogen) atoms. The summed E-state index contributed by atoms with van der Waals surface area (Å²) < 4.78 is 31.4. The van der Waals surface area contributed by atoms with Crippen molar-refractivity contribution in [2.75, 3.05) is 7.11 Å². The molecule has 0 radical (unpaired) electrons. The molecule has 1 unspecified atom stereocenters. The van der Waals surface area contributed by atoms with Crippen molar-refractivity contribution in [3.8, 4) is 5.75 Å². The second kappa shape index (κ2) is 4.65. The second-order valence-electron chi connectivity index (χ2n) is 3.17. The summed E-state index contributed by atoms with van der Waals surface area (Å²) >= 11 is 5.63. The SMILES string of the molecule is COc1c(Cl)cc(C(C)C(=O)O)c(F)c1F. The highest BCUT2D eigenvalue weighted by atomic mass is 35.5. The molecule has 0 bridgehead atoms. The Bertz CT molecular complexity index is 435. The van der Waals surface area contributed by atoms with Gasteiger partial charge in [0, 0.05) is 5.56 Å². The smallest absolute Gasteiger partial charge is 0.310 e. The van der Waals surface area contributed by atoms with Gasteiger partial charge in [0.1, 0.15) is 0 Å². The van der Waals surface area contributed by atoms with Gasteiger partial charge in [0.15, 0.2) is 11.6 Å². The van der Waals surface area contributed by atoms with Gasteiger partial charge in [0.2, 0.25) is 5.82 Å². The van der Waals surface area contributed by atoms with Gasteiger partial charge in [-0.15, -0.1) is 0 Å². The Hall–Kier alpha value is -1.36. The molecule has 0 heterocycles. The highest BCUT2D eigenvalue weighted by Crippen LogP contribution is 2.34. The monoisotopic (exact) mass is 250 g/mol. The molecule has 0 fully saturated rings. The molecule has 6 heteroatoms. The maximum atomic E-state index is 13.5. The van der Waals surface area contributed by atoms with Crippen LogP contribution in [0.3, 0.4) is 0 Å². The minimum atomic E-state index is -1.28. The molecule has 0 spiro atoms. The molecule has 0 aliphatic rings. The van der Waals surface area contributed by atoms with E-state index >= 15 is 0 Å². The van der Waals surface area contributed by atoms with E-state index in [1.54, 1.807) is 0 Å². The third kappa shape index (κ3) is 2.09. The second-order valence-corrected chi connectivity index (χ2v) is 3.58. The lowest BCUT2D eigenvalue weighted by Gasteiger charge is -2.12. The van der Waals surface area contributed by atoms with Gasteiger partial charge in [0.05, 0.1) is 18.1 Å². The lowest BCUT2D eigenvalue weighted by atomic mass is 10.0. The fraction of sp³-hybridized carbons (Fsp3) is 0.300. The van der Waals surface area contributed by atoms with Gasteiger partial charge in [-0.3, -0.25) is 4.79 Å². The van der Waals surface area contributed by atoms with E-state index < -0.39 is 29.3 Å². The maximum absolute atomic E-state index is 13.5. The minimum Gasteiger partial charge on any atom is -0.492 e. The van der Waals surface area contributed by atoms with Crippen molar-refractivity contribution in [1.29, 1.82) is 0 Å². The van der Waals surface area contributed by atoms with Gasteiger partial charge < -0.3 is 9.84 Å². The quantitative estimate of drug-likeness (QED) is 0.839. The van der Waals surface area contributed by atoms with Crippen LogP contribution in [-0.2, 0) is 4.79 Å². The topological polar surface area (TPSA) is 46.5 Å². The molecule has 1 aromatic carbocycles. The molecule has 0 aliphatic carbocycles. The van der Waals surface area contributed by atoms with Crippen LogP contribution in [0.4, 0.5) is 8.78 Å². The average Bonchev–Trinajstić information content (AvgIpc) is 2.23. The zero-order valence-corrected chi connectivity index (χ0v) is 9.31. The predicted molar refractivity (Wildman–Crippen MR) is 54.0 cm³/mol. The molecule has 0 saturated carbocycles. The first-order valence-electron chi connectivity index (χ1n) is 4.34. The molecule has 1 aromatic rings. The molecular weight excluding hydrogens is 242 g/mol. The molecular formula is C10H9ClF2O3. The van der Waals surface area contributed by atoms with E-state index in [1.165, 1.54) is 6.92 Å². The van der Waals surface area contributed by atoms with Crippen LogP contribution in [0.1, 0.15) is 18.4 Å². The van der Waals surface area contributed by atoms with Crippen molar-refractivity contribution in [2.24, 2.45) is 0 Å². The molecule has 0 aromatic heterocycles. The van der Waals surface area contributed by atoms with Crippen LogP contribution in [0.5, 0.6) is 5.75 Å². The van der Waals surface area contributed by atoms with Gasteiger partial charge in [-0.05, 0) is 13.0 Å². The molecule has 1 rings (SSSR count). The van der Waals surface area contributed by atoms with Crippen molar-refractivity contribution in [2.45, 2.75) is 12.8 Å². The van der Waals surface area contributed by atoms with Gasteiger partial charge in [-0.1, -0.05) is 11.6 Å². The lowest BCUT2D eigenvalue weighted by Crippen LogP contribution is -2.11. The van der Waals surface area contributed by atoms with Crippen LogP contribution < -0.4 is 4.74 Å². The summed E-state index contributed by atoms with van der Waals surface area (Å²) in [6.45, 7) is 1.24. The van der Waals surface area contributed by atoms with E-state index in [9.17, 15) is 13.6 Å². The van der Waals surface area contributed by atoms with Crippen molar-refractivity contribution in [3.63, 3.8) is 0 Å². The number of carboxylic acid groups (broad SMARTS) is 1. The summed E-state index contributed by atoms with van der Waals surface area (Å²) in [5.74, 6) is -5.41. The first-order chi connectivity index (χ1) is 7.40. The number of hydrogen-bond acceptors (Lipinski definition) is 2. The Kier molecular flexibility index (Phi) is 3.70. The Morgan fingerprint density at radius 3 is 2.50 bits per heavy atom. The van der Waals surface area contributed by atoms with E-state index in [-0.39, 0.29) is 10.6 Å². The number of ether oxygens (including phenoxy) is 1. The fourth-order valence-electron chi connectivity index (χ4n) is 1.23. The Balaban J connectivity index is 3.39. The summed E-state index contributed by atoms with van der Waals surface area (Å²) in [5, 5.41) is 8.54. The van der Waals surface area contributed by atoms with Crippen molar-refractivity contribution in [3.05, 3.63) is 28.3 Å². The Labute approximate surface area is 95.6 Å². The summed E-state index contributed by atoms with van der Waals surface area (Å²) in [6.07, 6.45) is 0.